The number of thiazole rings is 1. The predicted molar refractivity (Wildman–Crippen MR) is 99.0 cm³/mol. The number of nitrogens with zero attached hydrogens (tertiary/aromatic N) is 3. The lowest BCUT2D eigenvalue weighted by molar-refractivity contribution is -0.656. The van der Waals surface area contributed by atoms with Gasteiger partial charge in [-0.15, -0.1) is 0 Å². The fraction of sp³-hybridized carbons (Fsp3) is 0.158. The molecule has 0 aliphatic rings. The van der Waals surface area contributed by atoms with Crippen LogP contribution in [-0.4, -0.2) is 20.3 Å². The van der Waals surface area contributed by atoms with Gasteiger partial charge in [0.05, 0.1) is 11.1 Å². The van der Waals surface area contributed by atoms with Crippen LogP contribution in [0.2, 0.25) is 0 Å². The molecular weight excluding hydrogens is 429 g/mol. The summed E-state index contributed by atoms with van der Waals surface area (Å²) in [5.74, 6) is 0. The molecule has 0 saturated carbocycles. The van der Waals surface area contributed by atoms with E-state index in [2.05, 4.69) is 63.3 Å². The largest absolute Gasteiger partial charge is 1.00 e. The Labute approximate surface area is 164 Å². The molecule has 2 aromatic carbocycles. The van der Waals surface area contributed by atoms with Crippen LogP contribution in [0.3, 0.4) is 0 Å². The molecular formula is C19H20IN3S. The Morgan fingerprint density at radius 1 is 1.00 bits per heavy atom. The van der Waals surface area contributed by atoms with Gasteiger partial charge >= 0.3 is 0 Å². The molecule has 0 bridgehead atoms. The molecule has 0 atom stereocenters. The number of benzene rings is 2. The van der Waals surface area contributed by atoms with Gasteiger partial charge in [0.2, 0.25) is 5.69 Å². The average molecular weight is 449 g/mol. The quantitative estimate of drug-likeness (QED) is 0.331. The van der Waals surface area contributed by atoms with Crippen LogP contribution in [0, 0.1) is 0 Å². The van der Waals surface area contributed by atoms with Crippen molar-refractivity contribution in [2.75, 3.05) is 19.0 Å². The fourth-order valence-corrected chi connectivity index (χ4v) is 3.24. The molecule has 3 aromatic rings. The summed E-state index contributed by atoms with van der Waals surface area (Å²) in [4.78, 5) is 6.67. The Morgan fingerprint density at radius 3 is 2.29 bits per heavy atom. The Kier molecular flexibility index (Phi) is 6.51. The average Bonchev–Trinajstić information content (AvgIpc) is 2.95. The molecule has 0 amide bonds. The second-order valence-electron chi connectivity index (χ2n) is 5.55. The number of aliphatic imine (C=N–C) groups is 1. The minimum atomic E-state index is 0. The maximum absolute atomic E-state index is 4.59. The van der Waals surface area contributed by atoms with E-state index in [1.54, 1.807) is 11.3 Å². The monoisotopic (exact) mass is 449 g/mol. The van der Waals surface area contributed by atoms with Crippen molar-refractivity contribution in [3.05, 3.63) is 65.0 Å². The third-order valence-corrected chi connectivity index (χ3v) is 4.70. The van der Waals surface area contributed by atoms with Crippen LogP contribution in [0.15, 0.2) is 65.0 Å². The Hall–Kier alpha value is -1.73. The van der Waals surface area contributed by atoms with Crippen molar-refractivity contribution in [3.8, 4) is 11.3 Å². The standard InChI is InChI=1S/C19H20N3S.HI/c1-21(2)17-11-9-16(10-12-17)20-13-19-22(3)18(14-23-19)15-7-5-4-6-8-15;/h4-14H,1-3H3;1H/q+1;/p-1. The minimum absolute atomic E-state index is 0. The number of hydrogen-bond donors (Lipinski definition) is 0. The summed E-state index contributed by atoms with van der Waals surface area (Å²) < 4.78 is 2.18. The van der Waals surface area contributed by atoms with Crippen LogP contribution >= 0.6 is 11.3 Å². The molecule has 0 aliphatic heterocycles. The third kappa shape index (κ3) is 4.21. The van der Waals surface area contributed by atoms with Crippen LogP contribution in [0.25, 0.3) is 11.3 Å². The van der Waals surface area contributed by atoms with Gasteiger partial charge in [0.1, 0.15) is 13.3 Å². The highest BCUT2D eigenvalue weighted by atomic mass is 127. The van der Waals surface area contributed by atoms with E-state index in [1.807, 2.05) is 38.5 Å². The number of rotatable bonds is 4. The van der Waals surface area contributed by atoms with E-state index in [1.165, 1.54) is 16.9 Å². The van der Waals surface area contributed by atoms with E-state index in [9.17, 15) is 0 Å². The van der Waals surface area contributed by atoms with Gasteiger partial charge in [-0.25, -0.2) is 4.99 Å². The van der Waals surface area contributed by atoms with Crippen molar-refractivity contribution in [2.45, 2.75) is 0 Å². The SMILES string of the molecule is CN(C)c1ccc(N=Cc2scc(-c3ccccc3)[n+]2C)cc1.[I-]. The van der Waals surface area contributed by atoms with Gasteiger partial charge in [-0.05, 0) is 36.4 Å². The second kappa shape index (κ2) is 8.39. The molecule has 0 N–H and O–H groups in total. The molecule has 0 spiro atoms. The molecule has 0 fully saturated rings. The first kappa shape index (κ1) is 18.6. The summed E-state index contributed by atoms with van der Waals surface area (Å²) in [6, 6.07) is 18.7. The van der Waals surface area contributed by atoms with E-state index in [-0.39, 0.29) is 24.0 Å². The van der Waals surface area contributed by atoms with Crippen molar-refractivity contribution in [1.29, 1.82) is 0 Å². The Balaban J connectivity index is 0.00000208. The summed E-state index contributed by atoms with van der Waals surface area (Å²) in [6.07, 6.45) is 1.93. The highest BCUT2D eigenvalue weighted by Crippen LogP contribution is 2.20. The van der Waals surface area contributed by atoms with Crippen molar-refractivity contribution in [3.63, 3.8) is 0 Å². The zero-order chi connectivity index (χ0) is 16.2. The van der Waals surface area contributed by atoms with E-state index in [0.29, 0.717) is 0 Å². The van der Waals surface area contributed by atoms with Gasteiger partial charge < -0.3 is 28.9 Å². The zero-order valence-electron chi connectivity index (χ0n) is 14.0. The summed E-state index contributed by atoms with van der Waals surface area (Å²) in [5, 5.41) is 3.30. The van der Waals surface area contributed by atoms with Crippen molar-refractivity contribution >= 4 is 28.9 Å². The van der Waals surface area contributed by atoms with Crippen LogP contribution in [0.4, 0.5) is 11.4 Å². The Bertz CT molecular complexity index is 808. The first-order valence-corrected chi connectivity index (χ1v) is 8.37. The van der Waals surface area contributed by atoms with Gasteiger partial charge in [-0.1, -0.05) is 29.5 Å². The van der Waals surface area contributed by atoms with Crippen molar-refractivity contribution < 1.29 is 28.5 Å². The molecule has 0 radical (unpaired) electrons. The number of hydrogen-bond acceptors (Lipinski definition) is 3. The van der Waals surface area contributed by atoms with Crippen LogP contribution in [-0.2, 0) is 7.05 Å². The summed E-state index contributed by atoms with van der Waals surface area (Å²) in [7, 11) is 6.15. The molecule has 124 valence electrons. The first-order chi connectivity index (χ1) is 11.1. The third-order valence-electron chi connectivity index (χ3n) is 3.74. The molecule has 0 aliphatic carbocycles. The molecule has 5 heteroatoms. The summed E-state index contributed by atoms with van der Waals surface area (Å²) in [5.41, 5.74) is 4.57. The second-order valence-corrected chi connectivity index (χ2v) is 6.44. The van der Waals surface area contributed by atoms with E-state index in [0.717, 1.165) is 10.7 Å². The highest BCUT2D eigenvalue weighted by Gasteiger charge is 2.16. The molecule has 0 unspecified atom stereocenters. The molecule has 3 rings (SSSR count). The van der Waals surface area contributed by atoms with E-state index >= 15 is 0 Å². The van der Waals surface area contributed by atoms with Gasteiger partial charge in [0.25, 0.3) is 5.01 Å². The lowest BCUT2D eigenvalue weighted by Crippen LogP contribution is -3.00. The van der Waals surface area contributed by atoms with Gasteiger partial charge in [0, 0.05) is 25.3 Å². The number of aromatic nitrogens is 1. The predicted octanol–water partition coefficient (Wildman–Crippen LogP) is 1.06. The fourth-order valence-electron chi connectivity index (χ4n) is 2.35. The maximum atomic E-state index is 4.59. The molecule has 24 heavy (non-hydrogen) atoms. The number of anilines is 1. The molecule has 3 nitrogen and oxygen atoms in total. The van der Waals surface area contributed by atoms with Crippen LogP contribution in [0.5, 0.6) is 0 Å². The molecule has 1 aromatic heterocycles. The Morgan fingerprint density at radius 2 is 1.67 bits per heavy atom. The first-order valence-electron chi connectivity index (χ1n) is 7.49. The number of halogens is 1. The van der Waals surface area contributed by atoms with Gasteiger partial charge in [-0.2, -0.15) is 4.57 Å². The zero-order valence-corrected chi connectivity index (χ0v) is 17.0. The van der Waals surface area contributed by atoms with Crippen molar-refractivity contribution in [1.82, 2.24) is 0 Å². The molecule has 0 saturated heterocycles. The van der Waals surface area contributed by atoms with E-state index < -0.39 is 0 Å². The minimum Gasteiger partial charge on any atom is -1.00 e. The topological polar surface area (TPSA) is 19.5 Å². The van der Waals surface area contributed by atoms with Crippen LogP contribution < -0.4 is 33.4 Å². The molecule has 1 heterocycles. The summed E-state index contributed by atoms with van der Waals surface area (Å²) in [6.45, 7) is 0. The lowest BCUT2D eigenvalue weighted by Gasteiger charge is -2.11. The van der Waals surface area contributed by atoms with E-state index in [4.69, 9.17) is 0 Å². The van der Waals surface area contributed by atoms with Crippen LogP contribution in [0.1, 0.15) is 5.01 Å². The smallest absolute Gasteiger partial charge is 0.280 e. The lowest BCUT2D eigenvalue weighted by atomic mass is 10.2. The van der Waals surface area contributed by atoms with Crippen molar-refractivity contribution in [2.24, 2.45) is 12.0 Å². The maximum Gasteiger partial charge on any atom is 0.280 e. The summed E-state index contributed by atoms with van der Waals surface area (Å²) >= 11 is 1.70. The normalized spacial score (nSPS) is 10.6. The highest BCUT2D eigenvalue weighted by molar-refractivity contribution is 7.11. The van der Waals surface area contributed by atoms with Gasteiger partial charge in [-0.3, -0.25) is 0 Å². The van der Waals surface area contributed by atoms with Gasteiger partial charge in [0.15, 0.2) is 0 Å².